The molecule has 1 aromatic heterocycles. The second kappa shape index (κ2) is 7.28. The van der Waals surface area contributed by atoms with Gasteiger partial charge in [0.25, 0.3) is 0 Å². The van der Waals surface area contributed by atoms with Crippen LogP contribution in [0.25, 0.3) is 0 Å². The van der Waals surface area contributed by atoms with Crippen LogP contribution in [0.15, 0.2) is 78.9 Å². The third-order valence-corrected chi connectivity index (χ3v) is 6.91. The van der Waals surface area contributed by atoms with Crippen molar-refractivity contribution in [3.63, 3.8) is 0 Å². The molecule has 3 aromatic rings. The van der Waals surface area contributed by atoms with Gasteiger partial charge in [-0.3, -0.25) is 4.98 Å². The van der Waals surface area contributed by atoms with Crippen LogP contribution in [0.3, 0.4) is 0 Å². The van der Waals surface area contributed by atoms with Gasteiger partial charge >= 0.3 is 0 Å². The van der Waals surface area contributed by atoms with E-state index in [9.17, 15) is 0 Å². The fraction of sp³-hybridized carbons (Fsp3) is 0.227. The maximum atomic E-state index is 5.10. The molecule has 122 valence electrons. The normalized spacial score (nSPS) is 11.7. The molecule has 0 radical (unpaired) electrons. The summed E-state index contributed by atoms with van der Waals surface area (Å²) in [5.41, 5.74) is 2.47. The monoisotopic (exact) mass is 333 g/mol. The summed E-state index contributed by atoms with van der Waals surface area (Å²) in [6, 6.07) is 28.0. The number of hydrogen-bond acceptors (Lipinski definition) is 1. The third-order valence-electron chi connectivity index (χ3n) is 4.57. The first kappa shape index (κ1) is 16.9. The molecular formula is C22H24NP. The number of aromatic nitrogens is 1. The topological polar surface area (TPSA) is 12.9 Å². The van der Waals surface area contributed by atoms with E-state index < -0.39 is 7.92 Å². The van der Waals surface area contributed by atoms with Crippen LogP contribution >= 0.6 is 7.92 Å². The number of rotatable bonds is 5. The number of benzene rings is 2. The number of pyridine rings is 1. The van der Waals surface area contributed by atoms with E-state index in [2.05, 4.69) is 99.6 Å². The minimum Gasteiger partial charge on any atom is -0.252 e. The second-order valence-electron chi connectivity index (χ2n) is 6.62. The largest absolute Gasteiger partial charge is 0.252 e. The van der Waals surface area contributed by atoms with Gasteiger partial charge in [-0.2, -0.15) is 0 Å². The van der Waals surface area contributed by atoms with Gasteiger partial charge in [-0.05, 0) is 29.2 Å². The Labute approximate surface area is 146 Å². The van der Waals surface area contributed by atoms with E-state index >= 15 is 0 Å². The molecule has 0 saturated heterocycles. The van der Waals surface area contributed by atoms with Gasteiger partial charge in [-0.25, -0.2) is 0 Å². The van der Waals surface area contributed by atoms with Crippen molar-refractivity contribution in [1.29, 1.82) is 0 Å². The lowest BCUT2D eigenvalue weighted by Crippen LogP contribution is -2.26. The molecule has 0 N–H and O–H groups in total. The lowest BCUT2D eigenvalue weighted by molar-refractivity contribution is 0.491. The van der Waals surface area contributed by atoms with E-state index in [-0.39, 0.29) is 5.41 Å². The lowest BCUT2D eigenvalue weighted by Gasteiger charge is -2.25. The van der Waals surface area contributed by atoms with E-state index in [1.54, 1.807) is 0 Å². The Hall–Kier alpha value is -1.98. The van der Waals surface area contributed by atoms with Crippen LogP contribution in [0.4, 0.5) is 0 Å². The van der Waals surface area contributed by atoms with Crippen molar-refractivity contribution >= 4 is 24.0 Å². The first-order chi connectivity index (χ1) is 11.6. The summed E-state index contributed by atoms with van der Waals surface area (Å²) >= 11 is 0. The second-order valence-corrected chi connectivity index (χ2v) is 8.79. The standard InChI is InChI=1S/C22H24NP/c1-4-22(2,3)20-16-11-17-21(23-20)24(18-12-7-5-8-13-18)19-14-9-6-10-15-19/h5-17H,4H2,1-3H3. The molecule has 2 aromatic carbocycles. The highest BCUT2D eigenvalue weighted by atomic mass is 31.1. The minimum atomic E-state index is -0.625. The van der Waals surface area contributed by atoms with E-state index in [4.69, 9.17) is 4.98 Å². The number of nitrogens with zero attached hydrogens (tertiary/aromatic N) is 1. The zero-order valence-corrected chi connectivity index (χ0v) is 15.5. The SMILES string of the molecule is CCC(C)(C)c1cccc(P(c2ccccc2)c2ccccc2)n1. The summed E-state index contributed by atoms with van der Waals surface area (Å²) in [6.45, 7) is 6.77. The Morgan fingerprint density at radius 3 is 1.79 bits per heavy atom. The van der Waals surface area contributed by atoms with E-state index in [0.717, 1.165) is 6.42 Å². The first-order valence-electron chi connectivity index (χ1n) is 8.49. The Balaban J connectivity index is 2.12. The molecule has 0 aliphatic rings. The molecule has 0 aliphatic carbocycles. The Bertz CT molecular complexity index is 742. The smallest absolute Gasteiger partial charge is 0.0724 e. The van der Waals surface area contributed by atoms with Gasteiger partial charge in [-0.15, -0.1) is 0 Å². The zero-order valence-electron chi connectivity index (χ0n) is 14.6. The van der Waals surface area contributed by atoms with Crippen LogP contribution in [0.2, 0.25) is 0 Å². The quantitative estimate of drug-likeness (QED) is 0.625. The highest BCUT2D eigenvalue weighted by Gasteiger charge is 2.23. The molecule has 0 fully saturated rings. The molecule has 2 heteroatoms. The molecule has 0 atom stereocenters. The van der Waals surface area contributed by atoms with Crippen molar-refractivity contribution in [3.05, 3.63) is 84.6 Å². The summed E-state index contributed by atoms with van der Waals surface area (Å²) in [6.07, 6.45) is 1.08. The molecule has 1 nitrogen and oxygen atoms in total. The average Bonchev–Trinajstić information content (AvgIpc) is 2.64. The van der Waals surface area contributed by atoms with Gasteiger partial charge in [0.1, 0.15) is 0 Å². The average molecular weight is 333 g/mol. The summed E-state index contributed by atoms with van der Waals surface area (Å²) in [4.78, 5) is 5.10. The molecule has 0 bridgehead atoms. The maximum absolute atomic E-state index is 5.10. The van der Waals surface area contributed by atoms with Crippen LogP contribution in [0, 0.1) is 0 Å². The van der Waals surface area contributed by atoms with Crippen molar-refractivity contribution in [2.45, 2.75) is 32.6 Å². The molecule has 0 aliphatic heterocycles. The predicted molar refractivity (Wildman–Crippen MR) is 106 cm³/mol. The van der Waals surface area contributed by atoms with Crippen LogP contribution < -0.4 is 16.0 Å². The van der Waals surface area contributed by atoms with Crippen LogP contribution in [0.5, 0.6) is 0 Å². The Morgan fingerprint density at radius 2 is 1.29 bits per heavy atom. The van der Waals surface area contributed by atoms with Gasteiger partial charge < -0.3 is 0 Å². The molecular weight excluding hydrogens is 309 g/mol. The summed E-state index contributed by atoms with van der Waals surface area (Å²) in [7, 11) is -0.625. The molecule has 0 amide bonds. The van der Waals surface area contributed by atoms with Crippen LogP contribution in [-0.4, -0.2) is 4.98 Å². The number of hydrogen-bond donors (Lipinski definition) is 0. The van der Waals surface area contributed by atoms with Crippen LogP contribution in [0.1, 0.15) is 32.9 Å². The van der Waals surface area contributed by atoms with E-state index in [1.807, 2.05) is 0 Å². The van der Waals surface area contributed by atoms with Gasteiger partial charge in [0, 0.05) is 19.0 Å². The molecule has 1 heterocycles. The van der Waals surface area contributed by atoms with Crippen LogP contribution in [-0.2, 0) is 5.41 Å². The zero-order chi connectivity index (χ0) is 17.0. The molecule has 24 heavy (non-hydrogen) atoms. The Kier molecular flexibility index (Phi) is 5.11. The highest BCUT2D eigenvalue weighted by molar-refractivity contribution is 7.79. The van der Waals surface area contributed by atoms with Gasteiger partial charge in [0.15, 0.2) is 0 Å². The third kappa shape index (κ3) is 3.57. The maximum Gasteiger partial charge on any atom is 0.0724 e. The Morgan fingerprint density at radius 1 is 0.750 bits per heavy atom. The van der Waals surface area contributed by atoms with Crippen molar-refractivity contribution in [1.82, 2.24) is 4.98 Å². The van der Waals surface area contributed by atoms with Crippen molar-refractivity contribution in [3.8, 4) is 0 Å². The molecule has 0 unspecified atom stereocenters. The molecule has 0 spiro atoms. The van der Waals surface area contributed by atoms with Gasteiger partial charge in [0.05, 0.1) is 5.44 Å². The van der Waals surface area contributed by atoms with E-state index in [0.29, 0.717) is 0 Å². The molecule has 3 rings (SSSR count). The van der Waals surface area contributed by atoms with Gasteiger partial charge in [-0.1, -0.05) is 87.5 Å². The molecule has 0 saturated carbocycles. The van der Waals surface area contributed by atoms with Gasteiger partial charge in [0.2, 0.25) is 0 Å². The fourth-order valence-electron chi connectivity index (χ4n) is 2.67. The first-order valence-corrected chi connectivity index (χ1v) is 9.84. The summed E-state index contributed by atoms with van der Waals surface area (Å²) in [5, 5.41) is 2.69. The van der Waals surface area contributed by atoms with Crippen molar-refractivity contribution in [2.75, 3.05) is 0 Å². The van der Waals surface area contributed by atoms with Crippen molar-refractivity contribution < 1.29 is 0 Å². The lowest BCUT2D eigenvalue weighted by atomic mass is 9.86. The summed E-state index contributed by atoms with van der Waals surface area (Å²) < 4.78 is 0. The summed E-state index contributed by atoms with van der Waals surface area (Å²) in [5.74, 6) is 0. The van der Waals surface area contributed by atoms with E-state index in [1.165, 1.54) is 21.7 Å². The highest BCUT2D eigenvalue weighted by Crippen LogP contribution is 2.33. The van der Waals surface area contributed by atoms with Crippen molar-refractivity contribution in [2.24, 2.45) is 0 Å². The fourth-order valence-corrected chi connectivity index (χ4v) is 4.88. The predicted octanol–water partition coefficient (Wildman–Crippen LogP) is 4.53. The minimum absolute atomic E-state index is 0.102.